The highest BCUT2D eigenvalue weighted by atomic mass is 35.5. The van der Waals surface area contributed by atoms with Crippen molar-refractivity contribution < 1.29 is 14.3 Å². The molecule has 5 heteroatoms. The van der Waals surface area contributed by atoms with Gasteiger partial charge in [-0.2, -0.15) is 0 Å². The lowest BCUT2D eigenvalue weighted by molar-refractivity contribution is -0.118. The molecule has 0 fully saturated rings. The molecular formula is C19H20ClNO3. The van der Waals surface area contributed by atoms with Crippen LogP contribution in [0.5, 0.6) is 11.5 Å². The number of amides is 1. The quantitative estimate of drug-likeness (QED) is 0.824. The van der Waals surface area contributed by atoms with Gasteiger partial charge >= 0.3 is 0 Å². The second-order valence-electron chi connectivity index (χ2n) is 5.16. The smallest absolute Gasteiger partial charge is 0.262 e. The average Bonchev–Trinajstić information content (AvgIpc) is 2.58. The maximum absolute atomic E-state index is 12.1. The van der Waals surface area contributed by atoms with Gasteiger partial charge in [-0.15, -0.1) is 0 Å². The number of nitrogens with one attached hydrogen (secondary N) is 1. The van der Waals surface area contributed by atoms with Crippen LogP contribution in [0.4, 0.5) is 5.69 Å². The van der Waals surface area contributed by atoms with E-state index in [1.807, 2.05) is 38.1 Å². The summed E-state index contributed by atoms with van der Waals surface area (Å²) >= 11 is 6.05. The Bertz CT molecular complexity index is 756. The Morgan fingerprint density at radius 1 is 1.25 bits per heavy atom. The van der Waals surface area contributed by atoms with Gasteiger partial charge < -0.3 is 14.8 Å². The summed E-state index contributed by atoms with van der Waals surface area (Å²) < 4.78 is 10.9. The fourth-order valence-electron chi connectivity index (χ4n) is 2.17. The van der Waals surface area contributed by atoms with Crippen LogP contribution in [0, 0.1) is 6.92 Å². The van der Waals surface area contributed by atoms with Crippen molar-refractivity contribution in [2.24, 2.45) is 0 Å². The number of allylic oxidation sites excluding steroid dienone is 1. The van der Waals surface area contributed by atoms with E-state index in [9.17, 15) is 4.79 Å². The summed E-state index contributed by atoms with van der Waals surface area (Å²) in [7, 11) is 1.57. The maximum atomic E-state index is 12.1. The van der Waals surface area contributed by atoms with Gasteiger partial charge in [-0.25, -0.2) is 0 Å². The Hall–Kier alpha value is -2.46. The first kappa shape index (κ1) is 17.9. The predicted molar refractivity (Wildman–Crippen MR) is 98.0 cm³/mol. The van der Waals surface area contributed by atoms with E-state index in [-0.39, 0.29) is 12.5 Å². The Kier molecular flexibility index (Phi) is 6.27. The first-order valence-corrected chi connectivity index (χ1v) is 7.91. The molecular weight excluding hydrogens is 326 g/mol. The molecule has 1 N–H and O–H groups in total. The molecule has 0 aromatic heterocycles. The molecule has 0 aliphatic rings. The molecule has 0 atom stereocenters. The largest absolute Gasteiger partial charge is 0.493 e. The summed E-state index contributed by atoms with van der Waals surface area (Å²) in [6, 6.07) is 10.9. The lowest BCUT2D eigenvalue weighted by Gasteiger charge is -2.12. The standard InChI is InChI=1S/C19H20ClNO3/c1-4-6-14-9-10-17(18(11-14)23-3)24-12-19(22)21-16-8-5-7-15(20)13(16)2/h4-11H,12H2,1-3H3,(H,21,22). The van der Waals surface area contributed by atoms with E-state index < -0.39 is 0 Å². The van der Waals surface area contributed by atoms with E-state index in [1.165, 1.54) is 0 Å². The minimum absolute atomic E-state index is 0.120. The summed E-state index contributed by atoms with van der Waals surface area (Å²) in [5, 5.41) is 3.40. The highest BCUT2D eigenvalue weighted by molar-refractivity contribution is 6.31. The van der Waals surface area contributed by atoms with Crippen LogP contribution in [-0.2, 0) is 4.79 Å². The number of rotatable bonds is 6. The zero-order valence-corrected chi connectivity index (χ0v) is 14.7. The van der Waals surface area contributed by atoms with Crippen molar-refractivity contribution in [2.45, 2.75) is 13.8 Å². The molecule has 0 bridgehead atoms. The van der Waals surface area contributed by atoms with Crippen molar-refractivity contribution in [3.63, 3.8) is 0 Å². The molecule has 4 nitrogen and oxygen atoms in total. The zero-order chi connectivity index (χ0) is 17.5. The number of hydrogen-bond acceptors (Lipinski definition) is 3. The van der Waals surface area contributed by atoms with Gasteiger partial charge in [-0.1, -0.05) is 35.9 Å². The van der Waals surface area contributed by atoms with Crippen molar-refractivity contribution in [1.29, 1.82) is 0 Å². The number of anilines is 1. The van der Waals surface area contributed by atoms with Crippen LogP contribution in [0.2, 0.25) is 5.02 Å². The third-order valence-corrected chi connectivity index (χ3v) is 3.86. The Labute approximate surface area is 147 Å². The van der Waals surface area contributed by atoms with E-state index in [0.717, 1.165) is 11.1 Å². The number of carbonyl (C=O) groups is 1. The van der Waals surface area contributed by atoms with Crippen molar-refractivity contribution in [1.82, 2.24) is 0 Å². The lowest BCUT2D eigenvalue weighted by Crippen LogP contribution is -2.20. The molecule has 126 valence electrons. The number of hydrogen-bond donors (Lipinski definition) is 1. The van der Waals surface area contributed by atoms with Crippen molar-refractivity contribution in [3.8, 4) is 11.5 Å². The van der Waals surface area contributed by atoms with Gasteiger partial charge in [-0.3, -0.25) is 4.79 Å². The predicted octanol–water partition coefficient (Wildman–Crippen LogP) is 4.71. The van der Waals surface area contributed by atoms with Gasteiger partial charge in [0.15, 0.2) is 18.1 Å². The molecule has 2 rings (SSSR count). The maximum Gasteiger partial charge on any atom is 0.262 e. The van der Waals surface area contributed by atoms with E-state index in [4.69, 9.17) is 21.1 Å². The average molecular weight is 346 g/mol. The fourth-order valence-corrected chi connectivity index (χ4v) is 2.35. The van der Waals surface area contributed by atoms with E-state index >= 15 is 0 Å². The van der Waals surface area contributed by atoms with Crippen LogP contribution >= 0.6 is 11.6 Å². The number of methoxy groups -OCH3 is 1. The van der Waals surface area contributed by atoms with Crippen LogP contribution in [0.3, 0.4) is 0 Å². The van der Waals surface area contributed by atoms with E-state index in [0.29, 0.717) is 22.2 Å². The van der Waals surface area contributed by atoms with Crippen molar-refractivity contribution in [2.75, 3.05) is 19.0 Å². The SMILES string of the molecule is CC=Cc1ccc(OCC(=O)Nc2cccc(Cl)c2C)c(OC)c1. The Morgan fingerprint density at radius 2 is 2.04 bits per heavy atom. The lowest BCUT2D eigenvalue weighted by atomic mass is 10.2. The second kappa shape index (κ2) is 8.41. The van der Waals surface area contributed by atoms with Crippen molar-refractivity contribution in [3.05, 3.63) is 58.6 Å². The second-order valence-corrected chi connectivity index (χ2v) is 5.57. The van der Waals surface area contributed by atoms with Gasteiger partial charge in [0, 0.05) is 10.7 Å². The van der Waals surface area contributed by atoms with E-state index in [1.54, 1.807) is 31.4 Å². The molecule has 2 aromatic carbocycles. The summed E-state index contributed by atoms with van der Waals surface area (Å²) in [4.78, 5) is 12.1. The molecule has 2 aromatic rings. The Morgan fingerprint density at radius 3 is 2.75 bits per heavy atom. The van der Waals surface area contributed by atoms with Crippen molar-refractivity contribution >= 4 is 29.3 Å². The van der Waals surface area contributed by atoms with Gasteiger partial charge in [-0.05, 0) is 49.2 Å². The molecule has 0 radical (unpaired) electrons. The zero-order valence-electron chi connectivity index (χ0n) is 13.9. The number of halogens is 1. The molecule has 0 saturated heterocycles. The van der Waals surface area contributed by atoms with Gasteiger partial charge in [0.05, 0.1) is 7.11 Å². The summed E-state index contributed by atoms with van der Waals surface area (Å²) in [5.41, 5.74) is 2.49. The summed E-state index contributed by atoms with van der Waals surface area (Å²) in [5.74, 6) is 0.834. The first-order chi connectivity index (χ1) is 11.5. The number of benzene rings is 2. The van der Waals surface area contributed by atoms with Crippen LogP contribution in [0.15, 0.2) is 42.5 Å². The van der Waals surface area contributed by atoms with Gasteiger partial charge in [0.1, 0.15) is 0 Å². The third kappa shape index (κ3) is 4.52. The number of carbonyl (C=O) groups excluding carboxylic acids is 1. The summed E-state index contributed by atoms with van der Waals surface area (Å²) in [6.45, 7) is 3.67. The van der Waals surface area contributed by atoms with Gasteiger partial charge in [0.25, 0.3) is 5.91 Å². The molecule has 0 heterocycles. The molecule has 0 aliphatic heterocycles. The highest BCUT2D eigenvalue weighted by Gasteiger charge is 2.10. The van der Waals surface area contributed by atoms with E-state index in [2.05, 4.69) is 5.32 Å². The minimum atomic E-state index is -0.264. The number of ether oxygens (including phenoxy) is 2. The highest BCUT2D eigenvalue weighted by Crippen LogP contribution is 2.28. The van der Waals surface area contributed by atoms with Crippen LogP contribution < -0.4 is 14.8 Å². The Balaban J connectivity index is 2.02. The fraction of sp³-hybridized carbons (Fsp3) is 0.211. The summed E-state index contributed by atoms with van der Waals surface area (Å²) in [6.07, 6.45) is 3.90. The van der Waals surface area contributed by atoms with Crippen LogP contribution in [0.25, 0.3) is 6.08 Å². The molecule has 0 unspecified atom stereocenters. The van der Waals surface area contributed by atoms with Gasteiger partial charge in [0.2, 0.25) is 0 Å². The topological polar surface area (TPSA) is 47.6 Å². The van der Waals surface area contributed by atoms with Crippen LogP contribution in [0.1, 0.15) is 18.1 Å². The molecule has 0 saturated carbocycles. The normalized spacial score (nSPS) is 10.7. The monoisotopic (exact) mass is 345 g/mol. The molecule has 24 heavy (non-hydrogen) atoms. The minimum Gasteiger partial charge on any atom is -0.493 e. The molecule has 0 aliphatic carbocycles. The third-order valence-electron chi connectivity index (χ3n) is 3.45. The molecule has 1 amide bonds. The van der Waals surface area contributed by atoms with Crippen LogP contribution in [-0.4, -0.2) is 19.6 Å². The first-order valence-electron chi connectivity index (χ1n) is 7.53. The molecule has 0 spiro atoms.